The summed E-state index contributed by atoms with van der Waals surface area (Å²) in [6.45, 7) is 0. The molecule has 1 fully saturated rings. The Hall–Kier alpha value is -1.08. The van der Waals surface area contributed by atoms with Crippen LogP contribution < -0.4 is 10.2 Å². The highest BCUT2D eigenvalue weighted by Gasteiger charge is 2.32. The summed E-state index contributed by atoms with van der Waals surface area (Å²) in [4.78, 5) is 10.1. The van der Waals surface area contributed by atoms with E-state index >= 15 is 0 Å². The summed E-state index contributed by atoms with van der Waals surface area (Å²) < 4.78 is 23.0. The normalized spacial score (nSPS) is 21.8. The second-order valence-electron chi connectivity index (χ2n) is 4.28. The SMILES string of the molecule is CNc1ncc(Cl)c(N(C)C2CCS(=O)(=O)C2)n1. The van der Waals surface area contributed by atoms with E-state index in [1.807, 2.05) is 4.90 Å². The summed E-state index contributed by atoms with van der Waals surface area (Å²) in [5, 5.41) is 3.25. The van der Waals surface area contributed by atoms with Crippen LogP contribution in [-0.4, -0.2) is 50.0 Å². The molecule has 1 saturated heterocycles. The van der Waals surface area contributed by atoms with Gasteiger partial charge in [0.25, 0.3) is 0 Å². The Morgan fingerprint density at radius 1 is 1.56 bits per heavy atom. The van der Waals surface area contributed by atoms with Gasteiger partial charge in [0.05, 0.1) is 17.7 Å². The van der Waals surface area contributed by atoms with Gasteiger partial charge in [-0.2, -0.15) is 4.98 Å². The monoisotopic (exact) mass is 290 g/mol. The van der Waals surface area contributed by atoms with Crippen LogP contribution >= 0.6 is 11.6 Å². The van der Waals surface area contributed by atoms with Gasteiger partial charge in [0.2, 0.25) is 5.95 Å². The van der Waals surface area contributed by atoms with Crippen LogP contribution in [0.4, 0.5) is 11.8 Å². The Morgan fingerprint density at radius 3 is 2.83 bits per heavy atom. The average molecular weight is 291 g/mol. The molecule has 0 bridgehead atoms. The van der Waals surface area contributed by atoms with Crippen LogP contribution in [0.25, 0.3) is 0 Å². The summed E-state index contributed by atoms with van der Waals surface area (Å²) in [6.07, 6.45) is 2.11. The molecule has 0 spiro atoms. The van der Waals surface area contributed by atoms with Gasteiger partial charge in [-0.05, 0) is 6.42 Å². The number of nitrogens with zero attached hydrogens (tertiary/aromatic N) is 3. The lowest BCUT2D eigenvalue weighted by Gasteiger charge is -2.25. The van der Waals surface area contributed by atoms with E-state index in [0.29, 0.717) is 23.2 Å². The lowest BCUT2D eigenvalue weighted by atomic mass is 10.2. The highest BCUT2D eigenvalue weighted by atomic mass is 35.5. The molecule has 0 radical (unpaired) electrons. The quantitative estimate of drug-likeness (QED) is 0.887. The number of halogens is 1. The number of rotatable bonds is 3. The van der Waals surface area contributed by atoms with E-state index in [0.717, 1.165) is 0 Å². The Balaban J connectivity index is 2.26. The van der Waals surface area contributed by atoms with Crippen LogP contribution in [0.3, 0.4) is 0 Å². The minimum atomic E-state index is -2.92. The number of anilines is 2. The zero-order valence-electron chi connectivity index (χ0n) is 10.2. The van der Waals surface area contributed by atoms with Gasteiger partial charge in [-0.1, -0.05) is 11.6 Å². The summed E-state index contributed by atoms with van der Waals surface area (Å²) in [5.41, 5.74) is 0. The van der Waals surface area contributed by atoms with E-state index in [2.05, 4.69) is 15.3 Å². The maximum absolute atomic E-state index is 11.5. The molecule has 1 atom stereocenters. The van der Waals surface area contributed by atoms with E-state index in [4.69, 9.17) is 11.6 Å². The van der Waals surface area contributed by atoms with Crippen LogP contribution in [-0.2, 0) is 9.84 Å². The lowest BCUT2D eigenvalue weighted by Crippen LogP contribution is -2.33. The van der Waals surface area contributed by atoms with Gasteiger partial charge in [0.15, 0.2) is 15.7 Å². The van der Waals surface area contributed by atoms with Crippen molar-refractivity contribution in [3.05, 3.63) is 11.2 Å². The van der Waals surface area contributed by atoms with Crippen molar-refractivity contribution in [3.8, 4) is 0 Å². The fourth-order valence-corrected chi connectivity index (χ4v) is 3.98. The molecule has 1 aromatic heterocycles. The van der Waals surface area contributed by atoms with Crippen molar-refractivity contribution >= 4 is 33.2 Å². The highest BCUT2D eigenvalue weighted by molar-refractivity contribution is 7.91. The van der Waals surface area contributed by atoms with Crippen LogP contribution in [0.1, 0.15) is 6.42 Å². The third kappa shape index (κ3) is 2.67. The van der Waals surface area contributed by atoms with E-state index in [9.17, 15) is 8.42 Å². The maximum atomic E-state index is 11.5. The van der Waals surface area contributed by atoms with E-state index < -0.39 is 9.84 Å². The molecule has 0 aromatic carbocycles. The van der Waals surface area contributed by atoms with Crippen molar-refractivity contribution in [2.24, 2.45) is 0 Å². The van der Waals surface area contributed by atoms with Gasteiger partial charge in [0.1, 0.15) is 5.02 Å². The van der Waals surface area contributed by atoms with Crippen molar-refractivity contribution in [2.75, 3.05) is 35.8 Å². The van der Waals surface area contributed by atoms with Crippen molar-refractivity contribution in [3.63, 3.8) is 0 Å². The van der Waals surface area contributed by atoms with Crippen LogP contribution in [0.2, 0.25) is 5.02 Å². The molecule has 1 unspecified atom stereocenters. The molecular weight excluding hydrogens is 276 g/mol. The number of hydrogen-bond donors (Lipinski definition) is 1. The minimum absolute atomic E-state index is 0.0768. The predicted octanol–water partition coefficient (Wildman–Crippen LogP) is 0.795. The van der Waals surface area contributed by atoms with Gasteiger partial charge < -0.3 is 10.2 Å². The molecule has 0 saturated carbocycles. The summed E-state index contributed by atoms with van der Waals surface area (Å²) in [7, 11) is 0.599. The molecule has 18 heavy (non-hydrogen) atoms. The molecule has 0 aliphatic carbocycles. The second-order valence-corrected chi connectivity index (χ2v) is 6.92. The topological polar surface area (TPSA) is 75.2 Å². The first-order chi connectivity index (χ1) is 8.43. The summed E-state index contributed by atoms with van der Waals surface area (Å²) in [6, 6.07) is -0.0768. The maximum Gasteiger partial charge on any atom is 0.224 e. The summed E-state index contributed by atoms with van der Waals surface area (Å²) in [5.74, 6) is 1.39. The molecule has 100 valence electrons. The van der Waals surface area contributed by atoms with Crippen LogP contribution in [0.15, 0.2) is 6.20 Å². The number of aromatic nitrogens is 2. The first kappa shape index (κ1) is 13.4. The molecular formula is C10H15ClN4O2S. The van der Waals surface area contributed by atoms with Crippen molar-refractivity contribution in [1.82, 2.24) is 9.97 Å². The van der Waals surface area contributed by atoms with E-state index in [-0.39, 0.29) is 17.5 Å². The van der Waals surface area contributed by atoms with Crippen LogP contribution in [0, 0.1) is 0 Å². The molecule has 1 aliphatic rings. The Morgan fingerprint density at radius 2 is 2.28 bits per heavy atom. The number of nitrogens with one attached hydrogen (secondary N) is 1. The van der Waals surface area contributed by atoms with E-state index in [1.165, 1.54) is 6.20 Å². The smallest absolute Gasteiger partial charge is 0.224 e. The fraction of sp³-hybridized carbons (Fsp3) is 0.600. The first-order valence-corrected chi connectivity index (χ1v) is 7.76. The molecule has 2 heterocycles. The van der Waals surface area contributed by atoms with Crippen molar-refractivity contribution in [2.45, 2.75) is 12.5 Å². The zero-order valence-corrected chi connectivity index (χ0v) is 11.8. The Kier molecular flexibility index (Phi) is 3.63. The third-order valence-corrected chi connectivity index (χ3v) is 5.06. The third-order valence-electron chi connectivity index (χ3n) is 3.04. The van der Waals surface area contributed by atoms with Crippen molar-refractivity contribution < 1.29 is 8.42 Å². The second kappa shape index (κ2) is 4.89. The lowest BCUT2D eigenvalue weighted by molar-refractivity contribution is 0.600. The summed E-state index contributed by atoms with van der Waals surface area (Å²) >= 11 is 6.05. The molecule has 1 N–H and O–H groups in total. The fourth-order valence-electron chi connectivity index (χ4n) is 1.98. The predicted molar refractivity (Wildman–Crippen MR) is 72.1 cm³/mol. The Labute approximate surface area is 111 Å². The van der Waals surface area contributed by atoms with Gasteiger partial charge in [-0.3, -0.25) is 0 Å². The molecule has 6 nitrogen and oxygen atoms in total. The molecule has 2 rings (SSSR count). The van der Waals surface area contributed by atoms with Crippen LogP contribution in [0.5, 0.6) is 0 Å². The molecule has 8 heteroatoms. The van der Waals surface area contributed by atoms with Gasteiger partial charge in [0, 0.05) is 20.1 Å². The molecule has 0 amide bonds. The number of hydrogen-bond acceptors (Lipinski definition) is 6. The largest absolute Gasteiger partial charge is 0.357 e. The van der Waals surface area contributed by atoms with Gasteiger partial charge in [-0.15, -0.1) is 0 Å². The highest BCUT2D eigenvalue weighted by Crippen LogP contribution is 2.27. The number of sulfone groups is 1. The van der Waals surface area contributed by atoms with Gasteiger partial charge in [-0.25, -0.2) is 13.4 Å². The molecule has 1 aromatic rings. The van der Waals surface area contributed by atoms with Crippen molar-refractivity contribution in [1.29, 1.82) is 0 Å². The minimum Gasteiger partial charge on any atom is -0.357 e. The average Bonchev–Trinajstić information content (AvgIpc) is 2.69. The standard InChI is InChI=1S/C10H15ClN4O2S/c1-12-10-13-5-8(11)9(14-10)15(2)7-3-4-18(16,17)6-7/h5,7H,3-4,6H2,1-2H3,(H,12,13,14). The Bertz CT molecular complexity index is 549. The van der Waals surface area contributed by atoms with E-state index in [1.54, 1.807) is 14.1 Å². The van der Waals surface area contributed by atoms with Gasteiger partial charge >= 0.3 is 0 Å². The first-order valence-electron chi connectivity index (χ1n) is 5.56. The molecule has 1 aliphatic heterocycles. The zero-order chi connectivity index (χ0) is 13.3.